The number of nitriles is 1. The summed E-state index contributed by atoms with van der Waals surface area (Å²) in [6.45, 7) is 2.10. The minimum Gasteiger partial charge on any atom is -0.393 e. The lowest BCUT2D eigenvalue weighted by molar-refractivity contribution is -0.144. The van der Waals surface area contributed by atoms with Gasteiger partial charge < -0.3 is 10.2 Å². The van der Waals surface area contributed by atoms with E-state index in [1.807, 2.05) is 0 Å². The van der Waals surface area contributed by atoms with E-state index in [-0.39, 0.29) is 0 Å². The Balaban J connectivity index is 3.76. The van der Waals surface area contributed by atoms with E-state index in [4.69, 9.17) is 5.26 Å². The first-order valence-electron chi connectivity index (χ1n) is 5.74. The van der Waals surface area contributed by atoms with Crippen molar-refractivity contribution < 1.29 is 32.2 Å². The van der Waals surface area contributed by atoms with Gasteiger partial charge in [-0.1, -0.05) is 0 Å². The zero-order valence-electron chi connectivity index (χ0n) is 10.9. The number of halogens is 5. The van der Waals surface area contributed by atoms with Crippen LogP contribution in [0.5, 0.6) is 0 Å². The molecule has 0 amide bonds. The van der Waals surface area contributed by atoms with Gasteiger partial charge in [-0.05, 0) is 13.8 Å². The van der Waals surface area contributed by atoms with Gasteiger partial charge in [0.05, 0.1) is 12.2 Å². The van der Waals surface area contributed by atoms with E-state index in [1.165, 1.54) is 0 Å². The number of hydrogen-bond acceptors (Lipinski definition) is 4. The van der Waals surface area contributed by atoms with Crippen molar-refractivity contribution >= 4 is 0 Å². The van der Waals surface area contributed by atoms with Crippen LogP contribution in [0.3, 0.4) is 0 Å². The quantitative estimate of drug-likeness (QED) is 0.838. The lowest BCUT2D eigenvalue weighted by Gasteiger charge is -2.25. The molecule has 4 nitrogen and oxygen atoms in total. The van der Waals surface area contributed by atoms with E-state index in [1.54, 1.807) is 0 Å². The Morgan fingerprint density at radius 3 is 1.90 bits per heavy atom. The molecule has 1 aromatic heterocycles. The van der Waals surface area contributed by atoms with Gasteiger partial charge in [0.1, 0.15) is 6.07 Å². The van der Waals surface area contributed by atoms with E-state index in [0.717, 1.165) is 19.9 Å². The van der Waals surface area contributed by atoms with Crippen molar-refractivity contribution in [2.75, 3.05) is 0 Å². The van der Waals surface area contributed by atoms with E-state index >= 15 is 0 Å². The number of nitrogens with zero attached hydrogens (tertiary/aromatic N) is 2. The van der Waals surface area contributed by atoms with Crippen LogP contribution >= 0.6 is 0 Å². The smallest absolute Gasteiger partial charge is 0.393 e. The molecule has 0 bridgehead atoms. The SMILES string of the molecule is CC(O)C(c1c(F)c(C#N)nc(C(F)(F)F)c1F)C(C)O. The van der Waals surface area contributed by atoms with Gasteiger partial charge in [0.15, 0.2) is 23.0 Å². The van der Waals surface area contributed by atoms with E-state index in [0.29, 0.717) is 0 Å². The van der Waals surface area contributed by atoms with Crippen molar-refractivity contribution in [2.24, 2.45) is 0 Å². The average Bonchev–Trinajstić information content (AvgIpc) is 2.31. The Labute approximate surface area is 116 Å². The van der Waals surface area contributed by atoms with Gasteiger partial charge in [-0.25, -0.2) is 13.8 Å². The third-order valence-corrected chi connectivity index (χ3v) is 2.86. The van der Waals surface area contributed by atoms with Gasteiger partial charge in [0.25, 0.3) is 0 Å². The first kappa shape index (κ1) is 17.3. The molecule has 0 aliphatic rings. The number of aliphatic hydroxyl groups excluding tert-OH is 2. The zero-order chi connectivity index (χ0) is 16.5. The van der Waals surface area contributed by atoms with Crippen LogP contribution in [-0.2, 0) is 6.18 Å². The summed E-state index contributed by atoms with van der Waals surface area (Å²) >= 11 is 0. The number of pyridine rings is 1. The van der Waals surface area contributed by atoms with Crippen LogP contribution < -0.4 is 0 Å². The molecule has 2 atom stereocenters. The third-order valence-electron chi connectivity index (χ3n) is 2.86. The van der Waals surface area contributed by atoms with Crippen LogP contribution in [0.4, 0.5) is 22.0 Å². The van der Waals surface area contributed by atoms with Gasteiger partial charge in [0.2, 0.25) is 0 Å². The highest BCUT2D eigenvalue weighted by Gasteiger charge is 2.42. The molecule has 2 unspecified atom stereocenters. The molecular formula is C12H11F5N2O2. The summed E-state index contributed by atoms with van der Waals surface area (Å²) in [5.41, 5.74) is -4.54. The molecule has 0 radical (unpaired) electrons. The molecule has 2 N–H and O–H groups in total. The summed E-state index contributed by atoms with van der Waals surface area (Å²) in [5.74, 6) is -5.36. The fraction of sp³-hybridized carbons (Fsp3) is 0.500. The first-order valence-corrected chi connectivity index (χ1v) is 5.74. The van der Waals surface area contributed by atoms with E-state index < -0.39 is 52.9 Å². The highest BCUT2D eigenvalue weighted by molar-refractivity contribution is 5.36. The van der Waals surface area contributed by atoms with Crippen molar-refractivity contribution in [2.45, 2.75) is 38.1 Å². The van der Waals surface area contributed by atoms with Crippen molar-refractivity contribution in [1.29, 1.82) is 5.26 Å². The van der Waals surface area contributed by atoms with Gasteiger partial charge in [-0.15, -0.1) is 0 Å². The predicted octanol–water partition coefficient (Wildman–Crippen LogP) is 2.10. The van der Waals surface area contributed by atoms with Crippen LogP contribution in [0.1, 0.15) is 36.7 Å². The van der Waals surface area contributed by atoms with Crippen LogP contribution in [0, 0.1) is 23.0 Å². The molecule has 1 rings (SSSR count). The Bertz CT molecular complexity index is 570. The summed E-state index contributed by atoms with van der Waals surface area (Å²) < 4.78 is 66.0. The summed E-state index contributed by atoms with van der Waals surface area (Å²) in [6.07, 6.45) is -8.35. The summed E-state index contributed by atoms with van der Waals surface area (Å²) in [5, 5.41) is 27.5. The maximum Gasteiger partial charge on any atom is 0.436 e. The molecule has 0 saturated heterocycles. The number of aromatic nitrogens is 1. The second-order valence-corrected chi connectivity index (χ2v) is 4.47. The Hall–Kier alpha value is -1.79. The number of aliphatic hydroxyl groups is 2. The average molecular weight is 310 g/mol. The van der Waals surface area contributed by atoms with Gasteiger partial charge in [-0.2, -0.15) is 18.4 Å². The molecule has 116 valence electrons. The topological polar surface area (TPSA) is 77.1 Å². The maximum absolute atomic E-state index is 14.0. The van der Waals surface area contributed by atoms with Gasteiger partial charge >= 0.3 is 6.18 Å². The second-order valence-electron chi connectivity index (χ2n) is 4.47. The van der Waals surface area contributed by atoms with Crippen molar-refractivity contribution in [3.63, 3.8) is 0 Å². The molecule has 0 aliphatic carbocycles. The molecule has 0 aliphatic heterocycles. The number of rotatable bonds is 3. The maximum atomic E-state index is 14.0. The summed E-state index contributed by atoms with van der Waals surface area (Å²) in [4.78, 5) is 2.62. The van der Waals surface area contributed by atoms with Crippen molar-refractivity contribution in [3.8, 4) is 6.07 Å². The van der Waals surface area contributed by atoms with Crippen LogP contribution in [0.25, 0.3) is 0 Å². The van der Waals surface area contributed by atoms with Crippen LogP contribution in [-0.4, -0.2) is 27.4 Å². The number of hydrogen-bond donors (Lipinski definition) is 2. The lowest BCUT2D eigenvalue weighted by Crippen LogP contribution is -2.29. The first-order chi connectivity index (χ1) is 9.52. The molecule has 1 aromatic rings. The molecule has 0 aromatic carbocycles. The molecule has 21 heavy (non-hydrogen) atoms. The Morgan fingerprint density at radius 2 is 1.57 bits per heavy atom. The largest absolute Gasteiger partial charge is 0.436 e. The fourth-order valence-corrected chi connectivity index (χ4v) is 2.00. The molecule has 9 heteroatoms. The van der Waals surface area contributed by atoms with E-state index in [9.17, 15) is 32.2 Å². The zero-order valence-corrected chi connectivity index (χ0v) is 10.9. The molecule has 0 spiro atoms. The van der Waals surface area contributed by atoms with Gasteiger partial charge in [0, 0.05) is 11.5 Å². The monoisotopic (exact) mass is 310 g/mol. The molecule has 0 saturated carbocycles. The highest BCUT2D eigenvalue weighted by atomic mass is 19.4. The Morgan fingerprint density at radius 1 is 1.10 bits per heavy atom. The van der Waals surface area contributed by atoms with Crippen LogP contribution in [0.15, 0.2) is 0 Å². The minimum atomic E-state index is -5.25. The summed E-state index contributed by atoms with van der Waals surface area (Å²) in [7, 11) is 0. The van der Waals surface area contributed by atoms with Crippen molar-refractivity contribution in [3.05, 3.63) is 28.6 Å². The standard InChI is InChI=1S/C12H11F5N2O2/c1-4(20)7(5(2)21)8-9(13)6(3-18)19-11(10(8)14)12(15,16)17/h4-5,7,20-21H,1-2H3. The molecular weight excluding hydrogens is 299 g/mol. The summed E-state index contributed by atoms with van der Waals surface area (Å²) in [6, 6.07) is 1.09. The second kappa shape index (κ2) is 5.91. The number of alkyl halides is 3. The van der Waals surface area contributed by atoms with E-state index in [2.05, 4.69) is 4.98 Å². The third kappa shape index (κ3) is 3.28. The lowest BCUT2D eigenvalue weighted by atomic mass is 9.88. The minimum absolute atomic E-state index is 1.05. The predicted molar refractivity (Wildman–Crippen MR) is 60.0 cm³/mol. The molecule has 1 heterocycles. The van der Waals surface area contributed by atoms with Crippen molar-refractivity contribution in [1.82, 2.24) is 4.98 Å². The Kier molecular flexibility index (Phi) is 4.86. The fourth-order valence-electron chi connectivity index (χ4n) is 2.00. The normalized spacial score (nSPS) is 16.2. The van der Waals surface area contributed by atoms with Crippen LogP contribution in [0.2, 0.25) is 0 Å². The van der Waals surface area contributed by atoms with Gasteiger partial charge in [-0.3, -0.25) is 0 Å². The molecule has 0 fully saturated rings. The highest BCUT2D eigenvalue weighted by Crippen LogP contribution is 2.37.